The molecule has 1 atom stereocenters. The van der Waals surface area contributed by atoms with Crippen LogP contribution in [0.4, 0.5) is 11.4 Å². The highest BCUT2D eigenvalue weighted by Gasteiger charge is 2.30. The van der Waals surface area contributed by atoms with Crippen molar-refractivity contribution in [2.45, 2.75) is 26.2 Å². The first kappa shape index (κ1) is 28.4. The Morgan fingerprint density at radius 2 is 1.51 bits per heavy atom. The maximum atomic E-state index is 13.7. The van der Waals surface area contributed by atoms with E-state index in [0.29, 0.717) is 69.3 Å². The summed E-state index contributed by atoms with van der Waals surface area (Å²) < 4.78 is 5.46. The fraction of sp³-hybridized carbons (Fsp3) is 0.364. The van der Waals surface area contributed by atoms with Gasteiger partial charge >= 0.3 is 0 Å². The van der Waals surface area contributed by atoms with Gasteiger partial charge in [0.05, 0.1) is 24.7 Å². The molecule has 8 nitrogen and oxygen atoms in total. The Bertz CT molecular complexity index is 1360. The molecule has 3 aromatic rings. The van der Waals surface area contributed by atoms with Crippen LogP contribution in [0.25, 0.3) is 0 Å². The summed E-state index contributed by atoms with van der Waals surface area (Å²) in [6.07, 6.45) is 0.747. The summed E-state index contributed by atoms with van der Waals surface area (Å²) in [5, 5.41) is 2.96. The van der Waals surface area contributed by atoms with Gasteiger partial charge in [0.15, 0.2) is 0 Å². The van der Waals surface area contributed by atoms with E-state index in [2.05, 4.69) is 17.1 Å². The molecule has 214 valence electrons. The van der Waals surface area contributed by atoms with E-state index in [1.165, 1.54) is 0 Å². The second-order valence-electron chi connectivity index (χ2n) is 10.6. The Balaban J connectivity index is 1.34. The lowest BCUT2D eigenvalue weighted by atomic mass is 9.94. The molecular weight excluding hydrogens is 516 g/mol. The molecule has 0 saturated carbocycles. The molecule has 1 N–H and O–H groups in total. The molecule has 8 heteroatoms. The minimum atomic E-state index is -0.224. The standard InChI is InChI=1S/C33H38N4O4/c1-3-28(25-7-5-4-6-8-25)32(39)36-17-15-35(16-18-36)30-14-13-27(34-31(38)26-11-9-24(2)10-12-26)23-29(30)33(40)37-19-21-41-22-20-37/h4-14,23,28H,3,15-22H2,1-2H3,(H,34,38)/t28-/m0/s1. The van der Waals surface area contributed by atoms with Crippen molar-refractivity contribution in [2.75, 3.05) is 62.7 Å². The number of hydrogen-bond donors (Lipinski definition) is 1. The number of ether oxygens (including phenoxy) is 1. The monoisotopic (exact) mass is 554 g/mol. The third kappa shape index (κ3) is 6.60. The van der Waals surface area contributed by atoms with Crippen LogP contribution in [0.3, 0.4) is 0 Å². The molecule has 5 rings (SSSR count). The number of hydrogen-bond acceptors (Lipinski definition) is 5. The van der Waals surface area contributed by atoms with E-state index in [-0.39, 0.29) is 23.6 Å². The number of nitrogens with one attached hydrogen (secondary N) is 1. The minimum absolute atomic E-state index is 0.0802. The molecule has 0 aromatic heterocycles. The van der Waals surface area contributed by atoms with Crippen LogP contribution in [0.5, 0.6) is 0 Å². The summed E-state index contributed by atoms with van der Waals surface area (Å²) in [7, 11) is 0. The van der Waals surface area contributed by atoms with Gasteiger partial charge in [-0.25, -0.2) is 0 Å². The van der Waals surface area contributed by atoms with Crippen LogP contribution < -0.4 is 10.2 Å². The van der Waals surface area contributed by atoms with E-state index in [4.69, 9.17) is 4.74 Å². The number of amides is 3. The van der Waals surface area contributed by atoms with Crippen LogP contribution in [0.2, 0.25) is 0 Å². The first-order valence-electron chi connectivity index (χ1n) is 14.4. The molecule has 2 fully saturated rings. The van der Waals surface area contributed by atoms with Gasteiger partial charge in [0.25, 0.3) is 11.8 Å². The van der Waals surface area contributed by atoms with E-state index in [9.17, 15) is 14.4 Å². The molecule has 3 aromatic carbocycles. The predicted octanol–water partition coefficient (Wildman–Crippen LogP) is 4.56. The molecule has 2 aliphatic rings. The fourth-order valence-electron chi connectivity index (χ4n) is 5.53. The van der Waals surface area contributed by atoms with Crippen LogP contribution in [0.15, 0.2) is 72.8 Å². The fourth-order valence-corrected chi connectivity index (χ4v) is 5.53. The number of piperazine rings is 1. The van der Waals surface area contributed by atoms with Gasteiger partial charge in [0.2, 0.25) is 5.91 Å². The van der Waals surface area contributed by atoms with Crippen LogP contribution >= 0.6 is 0 Å². The van der Waals surface area contributed by atoms with Crippen LogP contribution in [-0.4, -0.2) is 80.0 Å². The van der Waals surface area contributed by atoms with Crippen LogP contribution in [-0.2, 0) is 9.53 Å². The Hall–Kier alpha value is -4.17. The maximum absolute atomic E-state index is 13.7. The summed E-state index contributed by atoms with van der Waals surface area (Å²) in [4.78, 5) is 46.0. The number of benzene rings is 3. The Morgan fingerprint density at radius 3 is 2.17 bits per heavy atom. The van der Waals surface area contributed by atoms with Gasteiger partial charge in [0.1, 0.15) is 0 Å². The second kappa shape index (κ2) is 13.0. The smallest absolute Gasteiger partial charge is 0.256 e. The number of anilines is 2. The Labute approximate surface area is 241 Å². The summed E-state index contributed by atoms with van der Waals surface area (Å²) in [6.45, 7) is 8.50. The number of carbonyl (C=O) groups is 3. The second-order valence-corrected chi connectivity index (χ2v) is 10.6. The number of morpholine rings is 1. The Morgan fingerprint density at radius 1 is 0.829 bits per heavy atom. The molecule has 0 radical (unpaired) electrons. The van der Waals surface area contributed by atoms with E-state index in [1.807, 2.05) is 66.4 Å². The number of nitrogens with zero attached hydrogens (tertiary/aromatic N) is 3. The normalized spacial score (nSPS) is 16.3. The number of rotatable bonds is 7. The molecule has 2 saturated heterocycles. The zero-order valence-corrected chi connectivity index (χ0v) is 23.8. The van der Waals surface area contributed by atoms with E-state index < -0.39 is 0 Å². The molecule has 3 amide bonds. The van der Waals surface area contributed by atoms with E-state index in [0.717, 1.165) is 23.2 Å². The molecule has 2 heterocycles. The van der Waals surface area contributed by atoms with Crippen molar-refractivity contribution in [3.8, 4) is 0 Å². The number of carbonyl (C=O) groups excluding carboxylic acids is 3. The predicted molar refractivity (Wildman–Crippen MR) is 161 cm³/mol. The lowest BCUT2D eigenvalue weighted by Crippen LogP contribution is -2.50. The quantitative estimate of drug-likeness (QED) is 0.463. The molecule has 0 aliphatic carbocycles. The van der Waals surface area contributed by atoms with Gasteiger partial charge in [-0.05, 0) is 49.2 Å². The molecule has 41 heavy (non-hydrogen) atoms. The van der Waals surface area contributed by atoms with Gasteiger partial charge in [-0.1, -0.05) is 55.0 Å². The van der Waals surface area contributed by atoms with Gasteiger partial charge in [-0.15, -0.1) is 0 Å². The van der Waals surface area contributed by atoms with Crippen molar-refractivity contribution < 1.29 is 19.1 Å². The van der Waals surface area contributed by atoms with Crippen molar-refractivity contribution in [1.29, 1.82) is 0 Å². The third-order valence-electron chi connectivity index (χ3n) is 7.94. The first-order chi connectivity index (χ1) is 19.9. The van der Waals surface area contributed by atoms with E-state index >= 15 is 0 Å². The average molecular weight is 555 g/mol. The summed E-state index contributed by atoms with van der Waals surface area (Å²) in [5.74, 6) is -0.309. The average Bonchev–Trinajstić information content (AvgIpc) is 3.02. The lowest BCUT2D eigenvalue weighted by Gasteiger charge is -2.38. The van der Waals surface area contributed by atoms with Crippen molar-refractivity contribution in [3.05, 3.63) is 95.1 Å². The topological polar surface area (TPSA) is 82.2 Å². The summed E-state index contributed by atoms with van der Waals surface area (Å²) in [5.41, 5.74) is 4.61. The highest BCUT2D eigenvalue weighted by atomic mass is 16.5. The molecule has 0 spiro atoms. The van der Waals surface area contributed by atoms with Crippen molar-refractivity contribution in [1.82, 2.24) is 9.80 Å². The van der Waals surface area contributed by atoms with Gasteiger partial charge in [-0.3, -0.25) is 14.4 Å². The molecular formula is C33H38N4O4. The highest BCUT2D eigenvalue weighted by molar-refractivity contribution is 6.06. The minimum Gasteiger partial charge on any atom is -0.378 e. The van der Waals surface area contributed by atoms with Crippen molar-refractivity contribution >= 4 is 29.1 Å². The highest BCUT2D eigenvalue weighted by Crippen LogP contribution is 2.29. The van der Waals surface area contributed by atoms with Crippen molar-refractivity contribution in [2.24, 2.45) is 0 Å². The summed E-state index contributed by atoms with van der Waals surface area (Å²) >= 11 is 0. The molecule has 0 unspecified atom stereocenters. The molecule has 0 bridgehead atoms. The zero-order chi connectivity index (χ0) is 28.8. The Kier molecular flexibility index (Phi) is 8.99. The van der Waals surface area contributed by atoms with Crippen LogP contribution in [0.1, 0.15) is 51.1 Å². The number of aryl methyl sites for hydroxylation is 1. The largest absolute Gasteiger partial charge is 0.378 e. The van der Waals surface area contributed by atoms with E-state index in [1.54, 1.807) is 23.1 Å². The zero-order valence-electron chi connectivity index (χ0n) is 23.8. The van der Waals surface area contributed by atoms with Crippen LogP contribution in [0, 0.1) is 6.92 Å². The van der Waals surface area contributed by atoms with Crippen molar-refractivity contribution in [3.63, 3.8) is 0 Å². The third-order valence-corrected chi connectivity index (χ3v) is 7.94. The van der Waals surface area contributed by atoms with Gasteiger partial charge < -0.3 is 24.8 Å². The van der Waals surface area contributed by atoms with Gasteiger partial charge in [-0.2, -0.15) is 0 Å². The summed E-state index contributed by atoms with van der Waals surface area (Å²) in [6, 6.07) is 22.9. The maximum Gasteiger partial charge on any atom is 0.256 e. The lowest BCUT2D eigenvalue weighted by molar-refractivity contribution is -0.133. The van der Waals surface area contributed by atoms with Gasteiger partial charge in [0, 0.05) is 56.2 Å². The molecule has 2 aliphatic heterocycles. The SMILES string of the molecule is CC[C@H](C(=O)N1CCN(c2ccc(NC(=O)c3ccc(C)cc3)cc2C(=O)N2CCOCC2)CC1)c1ccccc1. The first-order valence-corrected chi connectivity index (χ1v) is 14.4.